The van der Waals surface area contributed by atoms with E-state index in [1.165, 1.54) is 18.2 Å². The van der Waals surface area contributed by atoms with Crippen molar-refractivity contribution < 1.29 is 12.8 Å². The first-order valence-electron chi connectivity index (χ1n) is 6.77. The lowest BCUT2D eigenvalue weighted by molar-refractivity contribution is 0.437. The van der Waals surface area contributed by atoms with Gasteiger partial charge in [-0.2, -0.15) is 0 Å². The minimum atomic E-state index is -3.62. The number of sulfonamides is 1. The van der Waals surface area contributed by atoms with Gasteiger partial charge < -0.3 is 5.32 Å². The van der Waals surface area contributed by atoms with Crippen molar-refractivity contribution in [2.75, 3.05) is 7.05 Å². The van der Waals surface area contributed by atoms with Gasteiger partial charge in [0, 0.05) is 18.2 Å². The van der Waals surface area contributed by atoms with Crippen molar-refractivity contribution in [1.82, 2.24) is 10.0 Å². The molecule has 6 heteroatoms. The SMILES string of the molecule is CCC(NS(=O)(=O)c1ccc(F)c(CNC)c1)C(C)C. The molecule has 0 bridgehead atoms. The molecule has 0 spiro atoms. The highest BCUT2D eigenvalue weighted by Gasteiger charge is 2.22. The van der Waals surface area contributed by atoms with Gasteiger partial charge in [-0.3, -0.25) is 0 Å². The number of hydrogen-bond donors (Lipinski definition) is 2. The minimum Gasteiger partial charge on any atom is -0.316 e. The van der Waals surface area contributed by atoms with Gasteiger partial charge in [0.2, 0.25) is 10.0 Å². The molecule has 0 heterocycles. The van der Waals surface area contributed by atoms with Crippen LogP contribution < -0.4 is 10.0 Å². The van der Waals surface area contributed by atoms with Crippen molar-refractivity contribution in [1.29, 1.82) is 0 Å². The zero-order chi connectivity index (χ0) is 15.3. The largest absolute Gasteiger partial charge is 0.316 e. The van der Waals surface area contributed by atoms with Crippen LogP contribution in [0.4, 0.5) is 4.39 Å². The number of nitrogens with one attached hydrogen (secondary N) is 2. The Balaban J connectivity index is 3.06. The summed E-state index contributed by atoms with van der Waals surface area (Å²) in [5.74, 6) is -0.207. The van der Waals surface area contributed by atoms with Gasteiger partial charge in [-0.15, -0.1) is 0 Å². The van der Waals surface area contributed by atoms with Crippen LogP contribution in [0.3, 0.4) is 0 Å². The number of rotatable bonds is 7. The average molecular weight is 302 g/mol. The predicted molar refractivity (Wildman–Crippen MR) is 78.4 cm³/mol. The first-order chi connectivity index (χ1) is 9.31. The summed E-state index contributed by atoms with van der Waals surface area (Å²) in [6, 6.07) is 3.74. The smallest absolute Gasteiger partial charge is 0.240 e. The topological polar surface area (TPSA) is 58.2 Å². The Morgan fingerprint density at radius 3 is 2.45 bits per heavy atom. The monoisotopic (exact) mass is 302 g/mol. The molecular formula is C14H23FN2O2S. The van der Waals surface area contributed by atoms with E-state index in [2.05, 4.69) is 10.0 Å². The van der Waals surface area contributed by atoms with Crippen LogP contribution in [-0.4, -0.2) is 21.5 Å². The molecule has 1 atom stereocenters. The van der Waals surface area contributed by atoms with E-state index in [0.717, 1.165) is 0 Å². The highest BCUT2D eigenvalue weighted by molar-refractivity contribution is 7.89. The van der Waals surface area contributed by atoms with Gasteiger partial charge >= 0.3 is 0 Å². The van der Waals surface area contributed by atoms with Gasteiger partial charge in [-0.25, -0.2) is 17.5 Å². The van der Waals surface area contributed by atoms with Crippen LogP contribution in [0.5, 0.6) is 0 Å². The van der Waals surface area contributed by atoms with Crippen molar-refractivity contribution in [3.8, 4) is 0 Å². The molecule has 2 N–H and O–H groups in total. The molecule has 114 valence electrons. The second-order valence-electron chi connectivity index (χ2n) is 5.16. The molecule has 4 nitrogen and oxygen atoms in total. The highest BCUT2D eigenvalue weighted by Crippen LogP contribution is 2.17. The van der Waals surface area contributed by atoms with E-state index < -0.39 is 15.8 Å². The van der Waals surface area contributed by atoms with Crippen molar-refractivity contribution in [3.05, 3.63) is 29.6 Å². The molecule has 1 unspecified atom stereocenters. The van der Waals surface area contributed by atoms with Gasteiger partial charge in [0.15, 0.2) is 0 Å². The normalized spacial score (nSPS) is 13.7. The lowest BCUT2D eigenvalue weighted by atomic mass is 10.0. The zero-order valence-electron chi connectivity index (χ0n) is 12.4. The number of benzene rings is 1. The second kappa shape index (κ2) is 7.15. The molecule has 0 aromatic heterocycles. The highest BCUT2D eigenvalue weighted by atomic mass is 32.2. The van der Waals surface area contributed by atoms with Gasteiger partial charge in [-0.1, -0.05) is 20.8 Å². The molecule has 0 aliphatic rings. The molecule has 0 aliphatic carbocycles. The number of halogens is 1. The Bertz CT molecular complexity index is 544. The van der Waals surface area contributed by atoms with Crippen molar-refractivity contribution in [3.63, 3.8) is 0 Å². The fraction of sp³-hybridized carbons (Fsp3) is 0.571. The summed E-state index contributed by atoms with van der Waals surface area (Å²) in [4.78, 5) is 0.100. The Kier molecular flexibility index (Phi) is 6.10. The third-order valence-electron chi connectivity index (χ3n) is 3.25. The fourth-order valence-electron chi connectivity index (χ4n) is 2.00. The molecule has 1 aromatic carbocycles. The first kappa shape index (κ1) is 17.1. The van der Waals surface area contributed by atoms with Crippen LogP contribution in [-0.2, 0) is 16.6 Å². The summed E-state index contributed by atoms with van der Waals surface area (Å²) >= 11 is 0. The minimum absolute atomic E-state index is 0.100. The van der Waals surface area contributed by atoms with E-state index >= 15 is 0 Å². The van der Waals surface area contributed by atoms with E-state index in [9.17, 15) is 12.8 Å². The average Bonchev–Trinajstić information content (AvgIpc) is 2.38. The summed E-state index contributed by atoms with van der Waals surface area (Å²) in [5, 5.41) is 2.82. The van der Waals surface area contributed by atoms with Crippen LogP contribution in [0.25, 0.3) is 0 Å². The molecule has 1 aromatic rings. The second-order valence-corrected chi connectivity index (χ2v) is 6.88. The van der Waals surface area contributed by atoms with Crippen LogP contribution in [0.1, 0.15) is 32.8 Å². The molecule has 0 saturated carbocycles. The van der Waals surface area contributed by atoms with E-state index in [1.54, 1.807) is 7.05 Å². The summed E-state index contributed by atoms with van der Waals surface area (Å²) in [5.41, 5.74) is 0.341. The maximum Gasteiger partial charge on any atom is 0.240 e. The first-order valence-corrected chi connectivity index (χ1v) is 8.25. The third kappa shape index (κ3) is 4.26. The zero-order valence-corrected chi connectivity index (χ0v) is 13.2. The van der Waals surface area contributed by atoms with E-state index in [4.69, 9.17) is 0 Å². The molecule has 0 fully saturated rings. The Labute approximate surface area is 120 Å². The fourth-order valence-corrected chi connectivity index (χ4v) is 3.52. The van der Waals surface area contributed by atoms with E-state index in [1.807, 2.05) is 20.8 Å². The Hall–Kier alpha value is -0.980. The molecule has 1 rings (SSSR count). The van der Waals surface area contributed by atoms with Crippen molar-refractivity contribution in [2.45, 2.75) is 44.7 Å². The summed E-state index contributed by atoms with van der Waals surface area (Å²) in [7, 11) is -1.93. The standard InChI is InChI=1S/C14H23FN2O2S/c1-5-14(10(2)3)17-20(18,19)12-6-7-13(15)11(8-12)9-16-4/h6-8,10,14,16-17H,5,9H2,1-4H3. The van der Waals surface area contributed by atoms with Crippen molar-refractivity contribution >= 4 is 10.0 Å². The third-order valence-corrected chi connectivity index (χ3v) is 4.73. The van der Waals surface area contributed by atoms with Crippen LogP contribution >= 0.6 is 0 Å². The molecule has 0 amide bonds. The van der Waals surface area contributed by atoms with Crippen LogP contribution in [0, 0.1) is 11.7 Å². The van der Waals surface area contributed by atoms with Gasteiger partial charge in [0.25, 0.3) is 0 Å². The lowest BCUT2D eigenvalue weighted by Gasteiger charge is -2.20. The maximum atomic E-state index is 13.5. The summed E-state index contributed by atoms with van der Waals surface area (Å²) < 4.78 is 40.9. The maximum absolute atomic E-state index is 13.5. The van der Waals surface area contributed by atoms with Gasteiger partial charge in [-0.05, 0) is 37.6 Å². The Morgan fingerprint density at radius 1 is 1.30 bits per heavy atom. The molecular weight excluding hydrogens is 279 g/mol. The molecule has 20 heavy (non-hydrogen) atoms. The Morgan fingerprint density at radius 2 is 1.95 bits per heavy atom. The molecule has 0 radical (unpaired) electrons. The number of hydrogen-bond acceptors (Lipinski definition) is 3. The quantitative estimate of drug-likeness (QED) is 0.812. The summed E-state index contributed by atoms with van der Waals surface area (Å²) in [6.07, 6.45) is 0.710. The van der Waals surface area contributed by atoms with Crippen LogP contribution in [0.15, 0.2) is 23.1 Å². The molecule has 0 aliphatic heterocycles. The predicted octanol–water partition coefficient (Wildman–Crippen LogP) is 2.26. The van der Waals surface area contributed by atoms with E-state index in [-0.39, 0.29) is 23.4 Å². The van der Waals surface area contributed by atoms with Gasteiger partial charge in [0.05, 0.1) is 4.90 Å². The molecule has 0 saturated heterocycles. The summed E-state index contributed by atoms with van der Waals surface area (Å²) in [6.45, 7) is 6.16. The van der Waals surface area contributed by atoms with Crippen LogP contribution in [0.2, 0.25) is 0 Å². The lowest BCUT2D eigenvalue weighted by Crippen LogP contribution is -2.38. The van der Waals surface area contributed by atoms with Crippen molar-refractivity contribution in [2.24, 2.45) is 5.92 Å². The van der Waals surface area contributed by atoms with E-state index in [0.29, 0.717) is 12.0 Å². The van der Waals surface area contributed by atoms with Gasteiger partial charge in [0.1, 0.15) is 5.82 Å².